The molecule has 1 aromatic heterocycles. The van der Waals surface area contributed by atoms with Crippen LogP contribution in [0.15, 0.2) is 66.9 Å². The van der Waals surface area contributed by atoms with Crippen molar-refractivity contribution < 1.29 is 27.2 Å². The summed E-state index contributed by atoms with van der Waals surface area (Å²) in [7, 11) is 0. The van der Waals surface area contributed by atoms with Gasteiger partial charge in [0.25, 0.3) is 5.91 Å². The third-order valence-corrected chi connectivity index (χ3v) is 7.98. The minimum Gasteiger partial charge on any atom is -0.345 e. The fraction of sp³-hybridized carbons (Fsp3) is 0.438. The Morgan fingerprint density at radius 2 is 1.71 bits per heavy atom. The summed E-state index contributed by atoms with van der Waals surface area (Å²) < 4.78 is 55.5. The smallest absolute Gasteiger partial charge is 0.345 e. The number of nitrogens with zero attached hydrogens (tertiary/aromatic N) is 3. The summed E-state index contributed by atoms with van der Waals surface area (Å²) in [6.07, 6.45) is 2.71. The highest BCUT2D eigenvalue weighted by Gasteiger charge is 2.33. The SMILES string of the molecule is CCC(C)N(CC(=O)N(Cc1cccn1Cc1ccc(F)cc1)C1CCCCC1)C(=O)c1cccc(C(F)(F)F)c1. The number of rotatable bonds is 10. The van der Waals surface area contributed by atoms with Crippen LogP contribution in [0.2, 0.25) is 0 Å². The molecule has 1 atom stereocenters. The van der Waals surface area contributed by atoms with E-state index in [0.717, 1.165) is 55.5 Å². The summed E-state index contributed by atoms with van der Waals surface area (Å²) in [5, 5.41) is 0. The van der Waals surface area contributed by atoms with Crippen molar-refractivity contribution in [3.63, 3.8) is 0 Å². The Balaban J connectivity index is 1.58. The first-order chi connectivity index (χ1) is 19.6. The maximum Gasteiger partial charge on any atom is 0.416 e. The fourth-order valence-corrected chi connectivity index (χ4v) is 5.40. The number of aromatic nitrogens is 1. The normalized spacial score (nSPS) is 15.0. The Hall–Kier alpha value is -3.62. The van der Waals surface area contributed by atoms with Crippen molar-refractivity contribution in [3.05, 3.63) is 95.1 Å². The second-order valence-electron chi connectivity index (χ2n) is 10.8. The van der Waals surface area contributed by atoms with Gasteiger partial charge in [-0.15, -0.1) is 0 Å². The van der Waals surface area contributed by atoms with Crippen molar-refractivity contribution >= 4 is 11.8 Å². The molecular formula is C32H37F4N3O2. The van der Waals surface area contributed by atoms with Crippen LogP contribution in [0.3, 0.4) is 0 Å². The predicted molar refractivity (Wildman–Crippen MR) is 150 cm³/mol. The van der Waals surface area contributed by atoms with Gasteiger partial charge in [0, 0.05) is 36.1 Å². The molecule has 0 radical (unpaired) electrons. The molecule has 1 saturated carbocycles. The van der Waals surface area contributed by atoms with Crippen molar-refractivity contribution in [3.8, 4) is 0 Å². The average molecular weight is 572 g/mol. The van der Waals surface area contributed by atoms with Crippen LogP contribution in [0.25, 0.3) is 0 Å². The Kier molecular flexibility index (Phi) is 9.89. The van der Waals surface area contributed by atoms with E-state index in [9.17, 15) is 27.2 Å². The van der Waals surface area contributed by atoms with Crippen molar-refractivity contribution in [2.75, 3.05) is 6.54 Å². The summed E-state index contributed by atoms with van der Waals surface area (Å²) in [5.41, 5.74) is 0.844. The Morgan fingerprint density at radius 3 is 2.37 bits per heavy atom. The summed E-state index contributed by atoms with van der Waals surface area (Å²) in [6.45, 7) is 4.31. The molecule has 1 aliphatic carbocycles. The third-order valence-electron chi connectivity index (χ3n) is 7.98. The van der Waals surface area contributed by atoms with E-state index >= 15 is 0 Å². The lowest BCUT2D eigenvalue weighted by Crippen LogP contribution is -2.49. The molecule has 41 heavy (non-hydrogen) atoms. The van der Waals surface area contributed by atoms with Gasteiger partial charge in [0.05, 0.1) is 12.1 Å². The lowest BCUT2D eigenvalue weighted by molar-refractivity contribution is -0.138. The van der Waals surface area contributed by atoms with Crippen LogP contribution in [0, 0.1) is 5.82 Å². The molecule has 0 bridgehead atoms. The first-order valence-electron chi connectivity index (χ1n) is 14.2. The number of halogens is 4. The Labute approximate surface area is 238 Å². The Morgan fingerprint density at radius 1 is 1.00 bits per heavy atom. The first-order valence-corrected chi connectivity index (χ1v) is 14.2. The van der Waals surface area contributed by atoms with Crippen LogP contribution in [-0.4, -0.2) is 44.8 Å². The number of carbonyl (C=O) groups excluding carboxylic acids is 2. The van der Waals surface area contributed by atoms with Crippen LogP contribution in [-0.2, 0) is 24.1 Å². The van der Waals surface area contributed by atoms with Crippen molar-refractivity contribution in [1.29, 1.82) is 0 Å². The van der Waals surface area contributed by atoms with Gasteiger partial charge in [0.15, 0.2) is 0 Å². The molecule has 1 unspecified atom stereocenters. The lowest BCUT2D eigenvalue weighted by atomic mass is 9.94. The monoisotopic (exact) mass is 571 g/mol. The van der Waals surface area contributed by atoms with E-state index in [1.807, 2.05) is 34.7 Å². The zero-order valence-corrected chi connectivity index (χ0v) is 23.5. The second kappa shape index (κ2) is 13.4. The number of amides is 2. The predicted octanol–water partition coefficient (Wildman–Crippen LogP) is 7.30. The standard InChI is InChI=1S/C32H37F4N3O2/c1-3-23(2)38(31(41)25-9-7-10-26(19-25)32(34,35)36)22-30(40)39(28-11-5-4-6-12-28)21-29-13-8-18-37(29)20-24-14-16-27(33)17-15-24/h7-10,13-19,23,28H,3-6,11-12,20-22H2,1-2H3. The molecule has 0 spiro atoms. The molecule has 4 rings (SSSR count). The number of benzene rings is 2. The third kappa shape index (κ3) is 7.77. The summed E-state index contributed by atoms with van der Waals surface area (Å²) >= 11 is 0. The molecule has 1 fully saturated rings. The summed E-state index contributed by atoms with van der Waals surface area (Å²) in [6, 6.07) is 14.2. The molecule has 1 heterocycles. The molecule has 1 aliphatic rings. The van der Waals surface area contributed by atoms with E-state index in [1.165, 1.54) is 29.2 Å². The van der Waals surface area contributed by atoms with E-state index in [2.05, 4.69) is 0 Å². The van der Waals surface area contributed by atoms with Crippen LogP contribution >= 0.6 is 0 Å². The van der Waals surface area contributed by atoms with E-state index in [1.54, 1.807) is 19.1 Å². The fourth-order valence-electron chi connectivity index (χ4n) is 5.40. The van der Waals surface area contributed by atoms with Crippen LogP contribution in [0.1, 0.15) is 79.6 Å². The van der Waals surface area contributed by atoms with Gasteiger partial charge >= 0.3 is 6.18 Å². The molecule has 3 aromatic rings. The van der Waals surface area contributed by atoms with E-state index in [4.69, 9.17) is 0 Å². The zero-order chi connectivity index (χ0) is 29.6. The van der Waals surface area contributed by atoms with E-state index in [-0.39, 0.29) is 35.9 Å². The van der Waals surface area contributed by atoms with Gasteiger partial charge in [0.1, 0.15) is 12.4 Å². The average Bonchev–Trinajstić information content (AvgIpc) is 3.41. The van der Waals surface area contributed by atoms with E-state index in [0.29, 0.717) is 19.5 Å². The topological polar surface area (TPSA) is 45.6 Å². The van der Waals surface area contributed by atoms with Crippen LogP contribution in [0.4, 0.5) is 17.6 Å². The maximum absolute atomic E-state index is 14.0. The van der Waals surface area contributed by atoms with E-state index < -0.39 is 17.6 Å². The van der Waals surface area contributed by atoms with Gasteiger partial charge < -0.3 is 14.4 Å². The summed E-state index contributed by atoms with van der Waals surface area (Å²) in [4.78, 5) is 30.7. The molecule has 9 heteroatoms. The number of carbonyl (C=O) groups is 2. The molecule has 2 amide bonds. The zero-order valence-electron chi connectivity index (χ0n) is 23.5. The van der Waals surface area contributed by atoms with Crippen LogP contribution in [0.5, 0.6) is 0 Å². The largest absolute Gasteiger partial charge is 0.416 e. The molecule has 5 nitrogen and oxygen atoms in total. The number of hydrogen-bond donors (Lipinski definition) is 0. The minimum atomic E-state index is -4.58. The minimum absolute atomic E-state index is 0.00728. The molecule has 2 aromatic carbocycles. The molecule has 220 valence electrons. The van der Waals surface area contributed by atoms with Crippen molar-refractivity contribution in [2.45, 2.75) is 83.7 Å². The quantitative estimate of drug-likeness (QED) is 0.240. The van der Waals surface area contributed by atoms with Gasteiger partial charge in [0.2, 0.25) is 5.91 Å². The molecule has 0 aliphatic heterocycles. The highest BCUT2D eigenvalue weighted by Crippen LogP contribution is 2.30. The number of hydrogen-bond acceptors (Lipinski definition) is 2. The van der Waals surface area contributed by atoms with Gasteiger partial charge in [-0.3, -0.25) is 9.59 Å². The van der Waals surface area contributed by atoms with Gasteiger partial charge in [-0.25, -0.2) is 4.39 Å². The Bertz CT molecular complexity index is 1310. The second-order valence-corrected chi connectivity index (χ2v) is 10.8. The lowest BCUT2D eigenvalue weighted by Gasteiger charge is -2.37. The van der Waals surface area contributed by atoms with Gasteiger partial charge in [-0.05, 0) is 74.2 Å². The maximum atomic E-state index is 14.0. The first kappa shape index (κ1) is 30.3. The molecular weight excluding hydrogens is 534 g/mol. The number of alkyl halides is 3. The van der Waals surface area contributed by atoms with Crippen molar-refractivity contribution in [1.82, 2.24) is 14.4 Å². The van der Waals surface area contributed by atoms with Crippen LogP contribution < -0.4 is 0 Å². The van der Waals surface area contributed by atoms with Crippen molar-refractivity contribution in [2.24, 2.45) is 0 Å². The van der Waals surface area contributed by atoms with Gasteiger partial charge in [-0.2, -0.15) is 13.2 Å². The summed E-state index contributed by atoms with van der Waals surface area (Å²) in [5.74, 6) is -1.13. The highest BCUT2D eigenvalue weighted by molar-refractivity contribution is 5.97. The highest BCUT2D eigenvalue weighted by atomic mass is 19.4. The van der Waals surface area contributed by atoms with Gasteiger partial charge in [-0.1, -0.05) is 44.4 Å². The molecule has 0 saturated heterocycles. The molecule has 0 N–H and O–H groups in total.